The summed E-state index contributed by atoms with van der Waals surface area (Å²) in [5.41, 5.74) is 5.58. The van der Waals surface area contributed by atoms with Gasteiger partial charge in [-0.15, -0.1) is 0 Å². The van der Waals surface area contributed by atoms with Crippen LogP contribution in [0, 0.1) is 0 Å². The van der Waals surface area contributed by atoms with Crippen LogP contribution in [0.2, 0.25) is 0 Å². The van der Waals surface area contributed by atoms with Crippen molar-refractivity contribution in [2.24, 2.45) is 5.73 Å². The van der Waals surface area contributed by atoms with Crippen LogP contribution in [0.15, 0.2) is 0 Å². The summed E-state index contributed by atoms with van der Waals surface area (Å²) in [6, 6.07) is -0.622. The van der Waals surface area contributed by atoms with Crippen molar-refractivity contribution in [3.63, 3.8) is 0 Å². The molecule has 6 nitrogen and oxygen atoms in total. The van der Waals surface area contributed by atoms with Crippen molar-refractivity contribution in [1.82, 2.24) is 4.90 Å². The molecule has 1 unspecified atom stereocenters. The minimum atomic E-state index is -2.84. The summed E-state index contributed by atoms with van der Waals surface area (Å²) in [6.45, 7) is 1.68. The van der Waals surface area contributed by atoms with Crippen LogP contribution in [-0.2, 0) is 19.4 Å². The maximum atomic E-state index is 11.2. The van der Waals surface area contributed by atoms with Crippen LogP contribution in [0.1, 0.15) is 6.42 Å². The van der Waals surface area contributed by atoms with Crippen LogP contribution in [0.5, 0.6) is 0 Å². The van der Waals surface area contributed by atoms with Crippen LogP contribution in [0.4, 0.5) is 0 Å². The van der Waals surface area contributed by atoms with Gasteiger partial charge >= 0.3 is 5.97 Å². The highest BCUT2D eigenvalue weighted by Gasteiger charge is 2.22. The topological polar surface area (TPSA) is 89.7 Å². The number of nitrogens with two attached hydrogens (primary N) is 1. The Hall–Kier alpha value is -0.660. The van der Waals surface area contributed by atoms with E-state index in [1.54, 1.807) is 0 Å². The Morgan fingerprint density at radius 2 is 2.00 bits per heavy atom. The van der Waals surface area contributed by atoms with E-state index < -0.39 is 21.8 Å². The Morgan fingerprint density at radius 1 is 1.44 bits per heavy atom. The van der Waals surface area contributed by atoms with Gasteiger partial charge in [-0.25, -0.2) is 8.42 Å². The third-order valence-corrected chi connectivity index (χ3v) is 4.31. The van der Waals surface area contributed by atoms with Crippen LogP contribution in [-0.4, -0.2) is 63.6 Å². The van der Waals surface area contributed by atoms with Gasteiger partial charge in [-0.1, -0.05) is 0 Å². The van der Waals surface area contributed by atoms with Gasteiger partial charge in [0, 0.05) is 19.6 Å². The third kappa shape index (κ3) is 4.07. The predicted molar refractivity (Wildman–Crippen MR) is 59.7 cm³/mol. The SMILES string of the molecule is COC(=O)C(N)CCN1CCS(=O)(=O)CC1. The first-order chi connectivity index (χ1) is 7.44. The molecule has 1 rings (SSSR count). The van der Waals surface area contributed by atoms with Crippen molar-refractivity contribution in [3.8, 4) is 0 Å². The monoisotopic (exact) mass is 250 g/mol. The molecule has 0 aromatic carbocycles. The number of hydrogen-bond acceptors (Lipinski definition) is 6. The Bertz CT molecular complexity index is 327. The number of ether oxygens (including phenoxy) is 1. The number of hydrogen-bond donors (Lipinski definition) is 1. The van der Waals surface area contributed by atoms with Gasteiger partial charge < -0.3 is 15.4 Å². The van der Waals surface area contributed by atoms with E-state index in [-0.39, 0.29) is 11.5 Å². The van der Waals surface area contributed by atoms with Gasteiger partial charge in [-0.2, -0.15) is 0 Å². The van der Waals surface area contributed by atoms with Crippen molar-refractivity contribution in [3.05, 3.63) is 0 Å². The highest BCUT2D eigenvalue weighted by molar-refractivity contribution is 7.91. The highest BCUT2D eigenvalue weighted by Crippen LogP contribution is 2.05. The molecule has 2 N–H and O–H groups in total. The second-order valence-electron chi connectivity index (χ2n) is 3.91. The molecule has 1 aliphatic rings. The lowest BCUT2D eigenvalue weighted by Crippen LogP contribution is -2.43. The van der Waals surface area contributed by atoms with Gasteiger partial charge in [-0.3, -0.25) is 4.79 Å². The lowest BCUT2D eigenvalue weighted by molar-refractivity contribution is -0.142. The third-order valence-electron chi connectivity index (χ3n) is 2.70. The first-order valence-electron chi connectivity index (χ1n) is 5.21. The van der Waals surface area contributed by atoms with Crippen molar-refractivity contribution >= 4 is 15.8 Å². The summed E-state index contributed by atoms with van der Waals surface area (Å²) in [6.07, 6.45) is 0.493. The Labute approximate surface area is 95.7 Å². The molecule has 0 aliphatic carbocycles. The molecule has 1 saturated heterocycles. The van der Waals surface area contributed by atoms with E-state index in [0.29, 0.717) is 26.1 Å². The zero-order chi connectivity index (χ0) is 12.2. The van der Waals surface area contributed by atoms with Gasteiger partial charge in [0.25, 0.3) is 0 Å². The van der Waals surface area contributed by atoms with Crippen LogP contribution in [0.3, 0.4) is 0 Å². The van der Waals surface area contributed by atoms with Crippen LogP contribution >= 0.6 is 0 Å². The Kier molecular flexibility index (Phi) is 4.69. The Balaban J connectivity index is 2.27. The van der Waals surface area contributed by atoms with Gasteiger partial charge in [-0.05, 0) is 6.42 Å². The van der Waals surface area contributed by atoms with Gasteiger partial charge in [0.05, 0.1) is 18.6 Å². The molecule has 7 heteroatoms. The maximum absolute atomic E-state index is 11.2. The lowest BCUT2D eigenvalue weighted by Gasteiger charge is -2.26. The summed E-state index contributed by atoms with van der Waals surface area (Å²) in [4.78, 5) is 13.0. The second-order valence-corrected chi connectivity index (χ2v) is 6.22. The molecular weight excluding hydrogens is 232 g/mol. The van der Waals surface area contributed by atoms with E-state index in [4.69, 9.17) is 5.73 Å². The minimum Gasteiger partial charge on any atom is -0.468 e. The molecule has 0 saturated carbocycles. The van der Waals surface area contributed by atoms with E-state index in [9.17, 15) is 13.2 Å². The molecule has 0 spiro atoms. The largest absolute Gasteiger partial charge is 0.468 e. The summed E-state index contributed by atoms with van der Waals surface area (Å²) in [7, 11) is -1.54. The summed E-state index contributed by atoms with van der Waals surface area (Å²) in [5, 5.41) is 0. The molecule has 1 fully saturated rings. The number of carbonyl (C=O) groups is 1. The first-order valence-corrected chi connectivity index (χ1v) is 7.03. The van der Waals surface area contributed by atoms with E-state index >= 15 is 0 Å². The van der Waals surface area contributed by atoms with Crippen LogP contribution < -0.4 is 5.73 Å². The van der Waals surface area contributed by atoms with Crippen molar-refractivity contribution in [2.75, 3.05) is 38.2 Å². The number of methoxy groups -OCH3 is 1. The molecule has 1 heterocycles. The molecule has 94 valence electrons. The molecule has 0 aromatic rings. The molecule has 1 atom stereocenters. The number of rotatable bonds is 4. The summed E-state index contributed by atoms with van der Waals surface area (Å²) < 4.78 is 26.8. The second kappa shape index (κ2) is 5.60. The average Bonchev–Trinajstić information content (AvgIpc) is 2.26. The fourth-order valence-electron chi connectivity index (χ4n) is 1.56. The van der Waals surface area contributed by atoms with Crippen LogP contribution in [0.25, 0.3) is 0 Å². The number of esters is 1. The maximum Gasteiger partial charge on any atom is 0.322 e. The number of nitrogens with zero attached hydrogens (tertiary/aromatic N) is 1. The predicted octanol–water partition coefficient (Wildman–Crippen LogP) is -1.39. The molecule has 0 bridgehead atoms. The normalized spacial score (nSPS) is 22.6. The fraction of sp³-hybridized carbons (Fsp3) is 0.889. The number of carbonyl (C=O) groups excluding carboxylic acids is 1. The summed E-state index contributed by atoms with van der Waals surface area (Å²) in [5.74, 6) is -0.0365. The van der Waals surface area contributed by atoms with Crippen molar-refractivity contribution in [2.45, 2.75) is 12.5 Å². The van der Waals surface area contributed by atoms with Crippen molar-refractivity contribution < 1.29 is 17.9 Å². The minimum absolute atomic E-state index is 0.195. The van der Waals surface area contributed by atoms with Gasteiger partial charge in [0.2, 0.25) is 0 Å². The van der Waals surface area contributed by atoms with E-state index in [0.717, 1.165) is 0 Å². The standard InChI is InChI=1S/C9H18N2O4S/c1-15-9(12)8(10)2-3-11-4-6-16(13,14)7-5-11/h8H,2-7,10H2,1H3. The van der Waals surface area contributed by atoms with Crippen molar-refractivity contribution in [1.29, 1.82) is 0 Å². The lowest BCUT2D eigenvalue weighted by atomic mass is 10.2. The van der Waals surface area contributed by atoms with Gasteiger partial charge in [0.1, 0.15) is 6.04 Å². The Morgan fingerprint density at radius 3 is 2.50 bits per heavy atom. The quantitative estimate of drug-likeness (QED) is 0.618. The van der Waals surface area contributed by atoms with E-state index in [2.05, 4.69) is 4.74 Å². The zero-order valence-electron chi connectivity index (χ0n) is 9.39. The van der Waals surface area contributed by atoms with Gasteiger partial charge in [0.15, 0.2) is 9.84 Å². The highest BCUT2D eigenvalue weighted by atomic mass is 32.2. The van der Waals surface area contributed by atoms with E-state index in [1.807, 2.05) is 4.90 Å². The smallest absolute Gasteiger partial charge is 0.322 e. The first kappa shape index (κ1) is 13.4. The summed E-state index contributed by atoms with van der Waals surface area (Å²) >= 11 is 0. The molecule has 0 amide bonds. The van der Waals surface area contributed by atoms with E-state index in [1.165, 1.54) is 7.11 Å². The molecule has 0 aromatic heterocycles. The zero-order valence-corrected chi connectivity index (χ0v) is 10.2. The average molecular weight is 250 g/mol. The number of sulfone groups is 1. The molecular formula is C9H18N2O4S. The molecule has 1 aliphatic heterocycles. The molecule has 0 radical (unpaired) electrons. The molecule has 16 heavy (non-hydrogen) atoms. The fourth-order valence-corrected chi connectivity index (χ4v) is 2.84.